The Morgan fingerprint density at radius 2 is 1.90 bits per heavy atom. The molecule has 108 valence electrons. The van der Waals surface area contributed by atoms with Gasteiger partial charge in [-0.25, -0.2) is 4.79 Å². The van der Waals surface area contributed by atoms with Crippen LogP contribution >= 0.6 is 0 Å². The van der Waals surface area contributed by atoms with Crippen molar-refractivity contribution in [2.45, 2.75) is 26.4 Å². The van der Waals surface area contributed by atoms with E-state index in [4.69, 9.17) is 0 Å². The fourth-order valence-corrected chi connectivity index (χ4v) is 2.53. The maximum atomic E-state index is 11.3. The van der Waals surface area contributed by atoms with E-state index >= 15 is 0 Å². The molecule has 4 nitrogen and oxygen atoms in total. The van der Waals surface area contributed by atoms with Crippen LogP contribution in [0.5, 0.6) is 0 Å². The number of hydrogen-bond donors (Lipinski definition) is 3. The zero-order valence-electron chi connectivity index (χ0n) is 12.2. The number of aromatic nitrogens is 2. The second kappa shape index (κ2) is 5.58. The molecule has 3 aromatic rings. The van der Waals surface area contributed by atoms with Crippen LogP contribution in [0.25, 0.3) is 11.0 Å². The molecule has 0 saturated carbocycles. The van der Waals surface area contributed by atoms with Gasteiger partial charge in [-0.2, -0.15) is 0 Å². The fraction of sp³-hybridized carbons (Fsp3) is 0.235. The minimum absolute atomic E-state index is 0.164. The van der Waals surface area contributed by atoms with Crippen molar-refractivity contribution in [1.29, 1.82) is 0 Å². The summed E-state index contributed by atoms with van der Waals surface area (Å²) in [5.74, 6) is 0. The zero-order valence-corrected chi connectivity index (χ0v) is 12.2. The standard InChI is InChI=1S/C17H19N3O/c1-11-4-3-5-13(8-11)10-18-12(2)14-6-7-15-16(9-14)20-17(21)19-15/h3-9,12,18H,10H2,1-2H3,(H2,19,20,21). The summed E-state index contributed by atoms with van der Waals surface area (Å²) in [5, 5.41) is 3.51. The number of nitrogens with one attached hydrogen (secondary N) is 3. The van der Waals surface area contributed by atoms with Crippen LogP contribution in [0.15, 0.2) is 47.3 Å². The van der Waals surface area contributed by atoms with Crippen molar-refractivity contribution >= 4 is 11.0 Å². The highest BCUT2D eigenvalue weighted by atomic mass is 16.1. The van der Waals surface area contributed by atoms with Gasteiger partial charge in [0, 0.05) is 12.6 Å². The molecule has 0 fully saturated rings. The largest absolute Gasteiger partial charge is 0.323 e. The lowest BCUT2D eigenvalue weighted by Crippen LogP contribution is -2.18. The Morgan fingerprint density at radius 3 is 2.71 bits per heavy atom. The lowest BCUT2D eigenvalue weighted by molar-refractivity contribution is 0.575. The molecule has 0 radical (unpaired) electrons. The molecule has 0 aliphatic rings. The van der Waals surface area contributed by atoms with Gasteiger partial charge in [-0.05, 0) is 37.1 Å². The molecular weight excluding hydrogens is 262 g/mol. The van der Waals surface area contributed by atoms with Gasteiger partial charge in [-0.1, -0.05) is 35.9 Å². The molecule has 1 atom stereocenters. The van der Waals surface area contributed by atoms with Crippen molar-refractivity contribution in [2.75, 3.05) is 0 Å². The summed E-state index contributed by atoms with van der Waals surface area (Å²) in [5.41, 5.74) is 5.23. The number of H-pyrrole nitrogens is 2. The minimum Gasteiger partial charge on any atom is -0.306 e. The molecule has 21 heavy (non-hydrogen) atoms. The average molecular weight is 281 g/mol. The highest BCUT2D eigenvalue weighted by Gasteiger charge is 2.07. The number of rotatable bonds is 4. The van der Waals surface area contributed by atoms with Crippen molar-refractivity contribution in [3.8, 4) is 0 Å². The van der Waals surface area contributed by atoms with E-state index in [0.29, 0.717) is 0 Å². The second-order valence-electron chi connectivity index (χ2n) is 5.48. The van der Waals surface area contributed by atoms with E-state index in [2.05, 4.69) is 53.4 Å². The Morgan fingerprint density at radius 1 is 1.10 bits per heavy atom. The molecule has 4 heteroatoms. The summed E-state index contributed by atoms with van der Waals surface area (Å²) in [7, 11) is 0. The molecular formula is C17H19N3O. The predicted molar refractivity (Wildman–Crippen MR) is 85.4 cm³/mol. The monoisotopic (exact) mass is 281 g/mol. The van der Waals surface area contributed by atoms with Crippen LogP contribution in [-0.2, 0) is 6.54 Å². The van der Waals surface area contributed by atoms with E-state index in [1.165, 1.54) is 11.1 Å². The Labute approximate surface area is 123 Å². The van der Waals surface area contributed by atoms with Crippen LogP contribution in [0.2, 0.25) is 0 Å². The van der Waals surface area contributed by atoms with Crippen LogP contribution in [0.4, 0.5) is 0 Å². The van der Waals surface area contributed by atoms with Crippen molar-refractivity contribution < 1.29 is 0 Å². The van der Waals surface area contributed by atoms with Gasteiger partial charge in [0.1, 0.15) is 0 Å². The third-order valence-corrected chi connectivity index (χ3v) is 3.73. The Bertz CT molecular complexity index is 816. The summed E-state index contributed by atoms with van der Waals surface area (Å²) >= 11 is 0. The number of aryl methyl sites for hydroxylation is 1. The van der Waals surface area contributed by atoms with Gasteiger partial charge in [-0.3, -0.25) is 0 Å². The Kier molecular flexibility index (Phi) is 3.62. The predicted octanol–water partition coefficient (Wildman–Crippen LogP) is 3.02. The summed E-state index contributed by atoms with van der Waals surface area (Å²) in [6, 6.07) is 14.7. The number of benzene rings is 2. The Hall–Kier alpha value is -2.33. The number of hydrogen-bond acceptors (Lipinski definition) is 2. The molecule has 0 aliphatic carbocycles. The first-order valence-corrected chi connectivity index (χ1v) is 7.13. The first-order valence-electron chi connectivity index (χ1n) is 7.13. The van der Waals surface area contributed by atoms with Crippen LogP contribution in [0.1, 0.15) is 29.7 Å². The average Bonchev–Trinajstić information content (AvgIpc) is 2.84. The molecule has 1 heterocycles. The van der Waals surface area contributed by atoms with Gasteiger partial charge in [0.15, 0.2) is 0 Å². The van der Waals surface area contributed by atoms with Gasteiger partial charge in [-0.15, -0.1) is 0 Å². The fourth-order valence-electron chi connectivity index (χ4n) is 2.53. The van der Waals surface area contributed by atoms with E-state index in [0.717, 1.165) is 23.1 Å². The molecule has 2 aromatic carbocycles. The lowest BCUT2D eigenvalue weighted by atomic mass is 10.1. The number of aromatic amines is 2. The van der Waals surface area contributed by atoms with E-state index < -0.39 is 0 Å². The normalized spacial score (nSPS) is 12.7. The summed E-state index contributed by atoms with van der Waals surface area (Å²) in [6.45, 7) is 5.05. The molecule has 0 saturated heterocycles. The Balaban J connectivity index is 1.74. The SMILES string of the molecule is Cc1cccc(CNC(C)c2ccc3[nH]c(=O)[nH]c3c2)c1. The van der Waals surface area contributed by atoms with Gasteiger partial charge in [0.25, 0.3) is 0 Å². The summed E-state index contributed by atoms with van der Waals surface area (Å²) in [4.78, 5) is 16.8. The van der Waals surface area contributed by atoms with E-state index in [1.54, 1.807) is 0 Å². The lowest BCUT2D eigenvalue weighted by Gasteiger charge is -2.14. The number of imidazole rings is 1. The van der Waals surface area contributed by atoms with E-state index in [9.17, 15) is 4.79 Å². The molecule has 1 unspecified atom stereocenters. The molecule has 3 rings (SSSR count). The van der Waals surface area contributed by atoms with Gasteiger partial charge < -0.3 is 15.3 Å². The summed E-state index contributed by atoms with van der Waals surface area (Å²) < 4.78 is 0. The maximum Gasteiger partial charge on any atom is 0.323 e. The van der Waals surface area contributed by atoms with Crippen LogP contribution in [0.3, 0.4) is 0 Å². The molecule has 0 amide bonds. The zero-order chi connectivity index (χ0) is 14.8. The minimum atomic E-state index is -0.164. The van der Waals surface area contributed by atoms with Crippen LogP contribution in [0, 0.1) is 6.92 Å². The molecule has 1 aromatic heterocycles. The first-order chi connectivity index (χ1) is 10.1. The number of fused-ring (bicyclic) bond motifs is 1. The van der Waals surface area contributed by atoms with Gasteiger partial charge >= 0.3 is 5.69 Å². The first kappa shape index (κ1) is 13.6. The van der Waals surface area contributed by atoms with Crippen molar-refractivity contribution in [3.05, 3.63) is 69.6 Å². The van der Waals surface area contributed by atoms with Gasteiger partial charge in [0.2, 0.25) is 0 Å². The van der Waals surface area contributed by atoms with E-state index in [-0.39, 0.29) is 11.7 Å². The highest BCUT2D eigenvalue weighted by molar-refractivity contribution is 5.75. The van der Waals surface area contributed by atoms with Gasteiger partial charge in [0.05, 0.1) is 11.0 Å². The molecule has 3 N–H and O–H groups in total. The topological polar surface area (TPSA) is 60.7 Å². The van der Waals surface area contributed by atoms with Crippen molar-refractivity contribution in [1.82, 2.24) is 15.3 Å². The molecule has 0 aliphatic heterocycles. The maximum absolute atomic E-state index is 11.3. The highest BCUT2D eigenvalue weighted by Crippen LogP contribution is 2.17. The molecule has 0 spiro atoms. The van der Waals surface area contributed by atoms with E-state index in [1.807, 2.05) is 18.2 Å². The second-order valence-corrected chi connectivity index (χ2v) is 5.48. The molecule has 0 bridgehead atoms. The summed E-state index contributed by atoms with van der Waals surface area (Å²) in [6.07, 6.45) is 0. The van der Waals surface area contributed by atoms with Crippen molar-refractivity contribution in [2.24, 2.45) is 0 Å². The smallest absolute Gasteiger partial charge is 0.306 e. The quantitative estimate of drug-likeness (QED) is 0.688. The third kappa shape index (κ3) is 3.06. The van der Waals surface area contributed by atoms with Crippen LogP contribution < -0.4 is 11.0 Å². The third-order valence-electron chi connectivity index (χ3n) is 3.73. The van der Waals surface area contributed by atoms with Crippen LogP contribution in [-0.4, -0.2) is 9.97 Å². The van der Waals surface area contributed by atoms with Crippen molar-refractivity contribution in [3.63, 3.8) is 0 Å².